The highest BCUT2D eigenvalue weighted by Crippen LogP contribution is 2.51. The van der Waals surface area contributed by atoms with Gasteiger partial charge in [0.05, 0.1) is 11.5 Å². The molecular weight excluding hydrogens is 172 g/mol. The molecule has 0 unspecified atom stereocenters. The molecule has 0 aromatic heterocycles. The number of hydrogen-bond acceptors (Lipinski definition) is 2. The molecule has 0 N–H and O–H groups in total. The molecule has 1 heterocycles. The molecule has 3 rings (SSSR count). The Morgan fingerprint density at radius 1 is 1.00 bits per heavy atom. The van der Waals surface area contributed by atoms with Crippen molar-refractivity contribution in [2.24, 2.45) is 23.7 Å². The van der Waals surface area contributed by atoms with Crippen molar-refractivity contribution in [1.82, 2.24) is 0 Å². The molecule has 66 valence electrons. The smallest absolute Gasteiger partial charge is 0.150 e. The van der Waals surface area contributed by atoms with Crippen LogP contribution in [0.15, 0.2) is 12.2 Å². The van der Waals surface area contributed by atoms with Crippen LogP contribution in [-0.4, -0.2) is 19.9 Å². The summed E-state index contributed by atoms with van der Waals surface area (Å²) in [5.74, 6) is 3.07. The molecule has 3 aliphatic rings. The van der Waals surface area contributed by atoms with E-state index in [-0.39, 0.29) is 0 Å². The minimum Gasteiger partial charge on any atom is -0.229 e. The molecular formula is C9H12O2S. The van der Waals surface area contributed by atoms with Crippen molar-refractivity contribution in [3.8, 4) is 0 Å². The first-order valence-electron chi connectivity index (χ1n) is 4.54. The van der Waals surface area contributed by atoms with Crippen molar-refractivity contribution in [3.05, 3.63) is 12.2 Å². The minimum atomic E-state index is -2.67. The molecule has 1 saturated carbocycles. The van der Waals surface area contributed by atoms with Crippen LogP contribution in [0.1, 0.15) is 6.42 Å². The van der Waals surface area contributed by atoms with Crippen molar-refractivity contribution in [3.63, 3.8) is 0 Å². The molecule has 2 nitrogen and oxygen atoms in total. The van der Waals surface area contributed by atoms with Crippen LogP contribution in [0.4, 0.5) is 0 Å². The summed E-state index contributed by atoms with van der Waals surface area (Å²) in [4.78, 5) is 0. The molecule has 0 aromatic rings. The molecule has 0 spiro atoms. The lowest BCUT2D eigenvalue weighted by atomic mass is 9.86. The van der Waals surface area contributed by atoms with Gasteiger partial charge in [0.2, 0.25) is 0 Å². The number of fused-ring (bicyclic) bond motifs is 5. The summed E-state index contributed by atoms with van der Waals surface area (Å²) >= 11 is 0. The van der Waals surface area contributed by atoms with Crippen LogP contribution in [0.2, 0.25) is 0 Å². The zero-order valence-corrected chi connectivity index (χ0v) is 7.63. The van der Waals surface area contributed by atoms with E-state index in [9.17, 15) is 8.42 Å². The van der Waals surface area contributed by atoms with Crippen molar-refractivity contribution in [2.45, 2.75) is 6.42 Å². The summed E-state index contributed by atoms with van der Waals surface area (Å²) < 4.78 is 22.7. The first-order valence-corrected chi connectivity index (χ1v) is 6.37. The molecule has 0 radical (unpaired) electrons. The SMILES string of the molecule is O=S1(=O)C[C@H]2[C@H](C1)[C@@H]1C=C[C@@H]2C1. The number of allylic oxidation sites excluding steroid dienone is 2. The Bertz CT molecular complexity index is 316. The van der Waals surface area contributed by atoms with Gasteiger partial charge in [0.25, 0.3) is 0 Å². The second-order valence-corrected chi connectivity index (χ2v) is 6.51. The van der Waals surface area contributed by atoms with Gasteiger partial charge in [0.1, 0.15) is 0 Å². The number of sulfone groups is 1. The second-order valence-electron chi connectivity index (χ2n) is 4.35. The van der Waals surface area contributed by atoms with Gasteiger partial charge in [0, 0.05) is 0 Å². The molecule has 4 atom stereocenters. The van der Waals surface area contributed by atoms with Crippen LogP contribution in [-0.2, 0) is 9.84 Å². The lowest BCUT2D eigenvalue weighted by Crippen LogP contribution is -2.16. The zero-order valence-electron chi connectivity index (χ0n) is 6.81. The second kappa shape index (κ2) is 1.95. The minimum absolute atomic E-state index is 0.461. The average molecular weight is 184 g/mol. The Kier molecular flexibility index (Phi) is 1.16. The quantitative estimate of drug-likeness (QED) is 0.523. The Balaban J connectivity index is 2.01. The molecule has 2 fully saturated rings. The Morgan fingerprint density at radius 2 is 1.50 bits per heavy atom. The third kappa shape index (κ3) is 0.777. The van der Waals surface area contributed by atoms with Crippen LogP contribution in [0.25, 0.3) is 0 Å². The Hall–Kier alpha value is -0.310. The Morgan fingerprint density at radius 3 is 2.00 bits per heavy atom. The maximum absolute atomic E-state index is 11.3. The maximum atomic E-state index is 11.3. The van der Waals surface area contributed by atoms with E-state index in [4.69, 9.17) is 0 Å². The van der Waals surface area contributed by atoms with E-state index in [1.165, 1.54) is 6.42 Å². The van der Waals surface area contributed by atoms with Crippen molar-refractivity contribution in [2.75, 3.05) is 11.5 Å². The van der Waals surface area contributed by atoms with Crippen LogP contribution < -0.4 is 0 Å². The highest BCUT2D eigenvalue weighted by atomic mass is 32.2. The van der Waals surface area contributed by atoms with Crippen LogP contribution in [0, 0.1) is 23.7 Å². The number of hydrogen-bond donors (Lipinski definition) is 0. The van der Waals surface area contributed by atoms with Gasteiger partial charge in [-0.05, 0) is 30.1 Å². The number of rotatable bonds is 0. The fraction of sp³-hybridized carbons (Fsp3) is 0.778. The molecule has 12 heavy (non-hydrogen) atoms. The van der Waals surface area contributed by atoms with E-state index < -0.39 is 9.84 Å². The van der Waals surface area contributed by atoms with E-state index >= 15 is 0 Å². The summed E-state index contributed by atoms with van der Waals surface area (Å²) in [5, 5.41) is 0. The van der Waals surface area contributed by atoms with Crippen LogP contribution in [0.3, 0.4) is 0 Å². The summed E-state index contributed by atoms with van der Waals surface area (Å²) in [6.45, 7) is 0. The molecule has 0 amide bonds. The Labute approximate surface area is 72.6 Å². The highest BCUT2D eigenvalue weighted by molar-refractivity contribution is 7.91. The molecule has 2 aliphatic carbocycles. The van der Waals surface area contributed by atoms with Gasteiger partial charge in [-0.2, -0.15) is 0 Å². The normalized spacial score (nSPS) is 53.0. The maximum Gasteiger partial charge on any atom is 0.150 e. The lowest BCUT2D eigenvalue weighted by Gasteiger charge is -2.17. The van der Waals surface area contributed by atoms with Gasteiger partial charge < -0.3 is 0 Å². The van der Waals surface area contributed by atoms with Crippen LogP contribution >= 0.6 is 0 Å². The highest BCUT2D eigenvalue weighted by Gasteiger charge is 2.51. The predicted molar refractivity (Wildman–Crippen MR) is 46.4 cm³/mol. The van der Waals surface area contributed by atoms with E-state index in [0.717, 1.165) is 0 Å². The standard InChI is InChI=1S/C9H12O2S/c10-12(11)4-8-6-1-2-7(3-6)9(8)5-12/h1-2,6-9H,3-5H2/t6-,7-,8-,9-/m1/s1. The summed E-state index contributed by atoms with van der Waals surface area (Å²) in [6, 6.07) is 0. The van der Waals surface area contributed by atoms with Gasteiger partial charge in [-0.15, -0.1) is 0 Å². The molecule has 0 aromatic carbocycles. The van der Waals surface area contributed by atoms with Gasteiger partial charge in [-0.1, -0.05) is 12.2 Å². The third-order valence-electron chi connectivity index (χ3n) is 3.69. The largest absolute Gasteiger partial charge is 0.229 e. The van der Waals surface area contributed by atoms with Crippen LogP contribution in [0.5, 0.6) is 0 Å². The molecule has 1 saturated heterocycles. The van der Waals surface area contributed by atoms with Crippen molar-refractivity contribution >= 4 is 9.84 Å². The summed E-state index contributed by atoms with van der Waals surface area (Å²) in [6.07, 6.45) is 5.68. The molecule has 2 bridgehead atoms. The average Bonchev–Trinajstić information content (AvgIpc) is 2.54. The van der Waals surface area contributed by atoms with E-state index in [0.29, 0.717) is 35.2 Å². The van der Waals surface area contributed by atoms with Gasteiger partial charge in [0.15, 0.2) is 9.84 Å². The van der Waals surface area contributed by atoms with E-state index in [2.05, 4.69) is 12.2 Å². The van der Waals surface area contributed by atoms with Crippen molar-refractivity contribution in [1.29, 1.82) is 0 Å². The first-order chi connectivity index (χ1) is 5.66. The molecule has 1 aliphatic heterocycles. The first kappa shape index (κ1) is 7.13. The summed E-state index contributed by atoms with van der Waals surface area (Å²) in [5.41, 5.74) is 0. The van der Waals surface area contributed by atoms with E-state index in [1.807, 2.05) is 0 Å². The molecule has 3 heteroatoms. The fourth-order valence-corrected chi connectivity index (χ4v) is 5.47. The van der Waals surface area contributed by atoms with E-state index in [1.54, 1.807) is 0 Å². The van der Waals surface area contributed by atoms with Crippen molar-refractivity contribution < 1.29 is 8.42 Å². The van der Waals surface area contributed by atoms with Gasteiger partial charge in [-0.25, -0.2) is 8.42 Å². The topological polar surface area (TPSA) is 34.1 Å². The fourth-order valence-electron chi connectivity index (χ4n) is 3.18. The predicted octanol–water partition coefficient (Wildman–Crippen LogP) is 0.853. The lowest BCUT2D eigenvalue weighted by molar-refractivity contribution is 0.395. The third-order valence-corrected chi connectivity index (χ3v) is 5.48. The van der Waals surface area contributed by atoms with Gasteiger partial charge in [-0.3, -0.25) is 0 Å². The summed E-state index contributed by atoms with van der Waals surface area (Å²) in [7, 11) is -2.67. The zero-order chi connectivity index (χ0) is 8.34. The van der Waals surface area contributed by atoms with Gasteiger partial charge >= 0.3 is 0 Å². The monoisotopic (exact) mass is 184 g/mol.